The molecule has 1 aromatic carbocycles. The minimum absolute atomic E-state index is 0.0654. The van der Waals surface area contributed by atoms with Crippen molar-refractivity contribution in [3.05, 3.63) is 35.9 Å². The van der Waals surface area contributed by atoms with Gasteiger partial charge in [-0.15, -0.1) is 0 Å². The molecule has 1 saturated heterocycles. The number of nitrogens with zero attached hydrogens (tertiary/aromatic N) is 1. The van der Waals surface area contributed by atoms with Gasteiger partial charge in [0.05, 0.1) is 13.2 Å². The van der Waals surface area contributed by atoms with Gasteiger partial charge >= 0.3 is 12.1 Å². The SMILES string of the molecule is CC(C)(C)OC(=O)N1C[C@@](O)(CO)C[C@H]1C(=O)OCc1ccccc1. The van der Waals surface area contributed by atoms with Crippen LogP contribution in [0.1, 0.15) is 32.8 Å². The predicted octanol–water partition coefficient (Wildman–Crippen LogP) is 1.46. The molecule has 0 unspecified atom stereocenters. The highest BCUT2D eigenvalue weighted by Gasteiger charge is 2.49. The van der Waals surface area contributed by atoms with Crippen molar-refractivity contribution < 1.29 is 29.3 Å². The molecule has 2 N–H and O–H groups in total. The molecule has 7 heteroatoms. The zero-order valence-corrected chi connectivity index (χ0v) is 14.8. The van der Waals surface area contributed by atoms with E-state index >= 15 is 0 Å². The Morgan fingerprint density at radius 3 is 2.48 bits per heavy atom. The average Bonchev–Trinajstić information content (AvgIpc) is 2.91. The van der Waals surface area contributed by atoms with Crippen LogP contribution in [-0.2, 0) is 20.9 Å². The first-order chi connectivity index (χ1) is 11.6. The van der Waals surface area contributed by atoms with E-state index in [1.165, 1.54) is 0 Å². The van der Waals surface area contributed by atoms with Gasteiger partial charge in [0.1, 0.15) is 23.9 Å². The summed E-state index contributed by atoms with van der Waals surface area (Å²) in [6.07, 6.45) is -0.824. The number of β-amino-alcohol motifs (C(OH)–C–C–N with tert-alkyl or cyclic N) is 1. The van der Waals surface area contributed by atoms with Crippen molar-refractivity contribution in [3.63, 3.8) is 0 Å². The lowest BCUT2D eigenvalue weighted by Gasteiger charge is -2.27. The molecule has 0 bridgehead atoms. The summed E-state index contributed by atoms with van der Waals surface area (Å²) in [5, 5.41) is 19.7. The van der Waals surface area contributed by atoms with E-state index in [4.69, 9.17) is 9.47 Å². The van der Waals surface area contributed by atoms with E-state index in [0.29, 0.717) is 0 Å². The van der Waals surface area contributed by atoms with Crippen molar-refractivity contribution >= 4 is 12.1 Å². The molecule has 1 heterocycles. The number of ether oxygens (including phenoxy) is 2. The third kappa shape index (κ3) is 5.17. The second kappa shape index (κ2) is 7.41. The minimum Gasteiger partial charge on any atom is -0.459 e. The van der Waals surface area contributed by atoms with Gasteiger partial charge in [0.25, 0.3) is 0 Å². The second-order valence-electron chi connectivity index (χ2n) is 7.30. The lowest BCUT2D eigenvalue weighted by Crippen LogP contribution is -2.45. The molecular weight excluding hydrogens is 326 g/mol. The molecule has 138 valence electrons. The van der Waals surface area contributed by atoms with Gasteiger partial charge in [-0.05, 0) is 26.3 Å². The van der Waals surface area contributed by atoms with Gasteiger partial charge in [-0.25, -0.2) is 9.59 Å². The van der Waals surface area contributed by atoms with Crippen molar-refractivity contribution in [2.45, 2.75) is 51.0 Å². The average molecular weight is 351 g/mol. The molecule has 7 nitrogen and oxygen atoms in total. The maximum atomic E-state index is 12.4. The van der Waals surface area contributed by atoms with Gasteiger partial charge in [0.2, 0.25) is 0 Å². The smallest absolute Gasteiger partial charge is 0.411 e. The predicted molar refractivity (Wildman–Crippen MR) is 89.6 cm³/mol. The Labute approximate surface area is 147 Å². The van der Waals surface area contributed by atoms with E-state index < -0.39 is 35.9 Å². The van der Waals surface area contributed by atoms with Crippen molar-refractivity contribution in [1.29, 1.82) is 0 Å². The van der Waals surface area contributed by atoms with E-state index in [-0.39, 0.29) is 19.6 Å². The number of hydrogen-bond acceptors (Lipinski definition) is 6. The van der Waals surface area contributed by atoms with E-state index in [0.717, 1.165) is 10.5 Å². The van der Waals surface area contributed by atoms with Crippen LogP contribution >= 0.6 is 0 Å². The number of benzene rings is 1. The van der Waals surface area contributed by atoms with Gasteiger partial charge < -0.3 is 19.7 Å². The molecule has 0 spiro atoms. The fourth-order valence-corrected chi connectivity index (χ4v) is 2.62. The van der Waals surface area contributed by atoms with Crippen LogP contribution in [0.2, 0.25) is 0 Å². The van der Waals surface area contributed by atoms with Gasteiger partial charge in [-0.2, -0.15) is 0 Å². The lowest BCUT2D eigenvalue weighted by molar-refractivity contribution is -0.150. The number of carbonyl (C=O) groups is 2. The zero-order valence-electron chi connectivity index (χ0n) is 14.8. The molecule has 1 aliphatic rings. The first-order valence-electron chi connectivity index (χ1n) is 8.17. The third-order valence-electron chi connectivity index (χ3n) is 3.83. The molecule has 0 radical (unpaired) electrons. The molecule has 0 aromatic heterocycles. The summed E-state index contributed by atoms with van der Waals surface area (Å²) in [6.45, 7) is 4.44. The van der Waals surface area contributed by atoms with Crippen molar-refractivity contribution in [3.8, 4) is 0 Å². The number of likely N-dealkylation sites (tertiary alicyclic amines) is 1. The summed E-state index contributed by atoms with van der Waals surface area (Å²) >= 11 is 0. The fourth-order valence-electron chi connectivity index (χ4n) is 2.62. The van der Waals surface area contributed by atoms with Gasteiger partial charge in [-0.1, -0.05) is 30.3 Å². The van der Waals surface area contributed by atoms with Crippen LogP contribution in [0, 0.1) is 0 Å². The standard InChI is InChI=1S/C18H25NO6/c1-17(2,3)25-16(22)19-11-18(23,12-20)9-14(19)15(21)24-10-13-7-5-4-6-8-13/h4-8,14,20,23H,9-12H2,1-3H3/t14-,18+/m0/s1. The molecule has 1 aliphatic heterocycles. The first-order valence-corrected chi connectivity index (χ1v) is 8.17. The number of rotatable bonds is 4. The molecule has 2 atom stereocenters. The summed E-state index contributed by atoms with van der Waals surface area (Å²) in [5.41, 5.74) is -1.47. The normalized spacial score (nSPS) is 23.4. The lowest BCUT2D eigenvalue weighted by atomic mass is 10.0. The number of carbonyl (C=O) groups excluding carboxylic acids is 2. The van der Waals surface area contributed by atoms with Crippen molar-refractivity contribution in [2.75, 3.05) is 13.2 Å². The maximum absolute atomic E-state index is 12.4. The van der Waals surface area contributed by atoms with Crippen LogP contribution in [0.5, 0.6) is 0 Å². The number of amides is 1. The van der Waals surface area contributed by atoms with Crippen LogP contribution in [0.25, 0.3) is 0 Å². The Morgan fingerprint density at radius 2 is 1.92 bits per heavy atom. The van der Waals surface area contributed by atoms with Crippen LogP contribution in [0.3, 0.4) is 0 Å². The number of esters is 1. The highest BCUT2D eigenvalue weighted by Crippen LogP contribution is 2.29. The Kier molecular flexibility index (Phi) is 5.69. The monoisotopic (exact) mass is 351 g/mol. The van der Waals surface area contributed by atoms with E-state index in [2.05, 4.69) is 0 Å². The molecule has 25 heavy (non-hydrogen) atoms. The molecular formula is C18H25NO6. The van der Waals surface area contributed by atoms with Crippen LogP contribution in [0.15, 0.2) is 30.3 Å². The molecule has 1 amide bonds. The molecule has 2 rings (SSSR count). The molecule has 1 fully saturated rings. The zero-order chi connectivity index (χ0) is 18.7. The number of hydrogen-bond donors (Lipinski definition) is 2. The Balaban J connectivity index is 2.08. The third-order valence-corrected chi connectivity index (χ3v) is 3.83. The molecule has 0 aliphatic carbocycles. The first kappa shape index (κ1) is 19.2. The number of aliphatic hydroxyl groups excluding tert-OH is 1. The van der Waals surface area contributed by atoms with E-state index in [9.17, 15) is 19.8 Å². The summed E-state index contributed by atoms with van der Waals surface area (Å²) in [7, 11) is 0. The van der Waals surface area contributed by atoms with Gasteiger partial charge in [0, 0.05) is 6.42 Å². The highest BCUT2D eigenvalue weighted by molar-refractivity contribution is 5.82. The van der Waals surface area contributed by atoms with Gasteiger partial charge in [-0.3, -0.25) is 4.90 Å². The summed E-state index contributed by atoms with van der Waals surface area (Å²) in [5.74, 6) is -0.640. The Bertz CT molecular complexity index is 612. The fraction of sp³-hybridized carbons (Fsp3) is 0.556. The maximum Gasteiger partial charge on any atom is 0.411 e. The van der Waals surface area contributed by atoms with Crippen molar-refractivity contribution in [2.24, 2.45) is 0 Å². The summed E-state index contributed by atoms with van der Waals surface area (Å²) in [6, 6.07) is 8.14. The number of aliphatic hydroxyl groups is 2. The van der Waals surface area contributed by atoms with Crippen LogP contribution in [-0.4, -0.2) is 57.6 Å². The largest absolute Gasteiger partial charge is 0.459 e. The minimum atomic E-state index is -1.55. The summed E-state index contributed by atoms with van der Waals surface area (Å²) in [4.78, 5) is 25.9. The topological polar surface area (TPSA) is 96.3 Å². The highest BCUT2D eigenvalue weighted by atomic mass is 16.6. The van der Waals surface area contributed by atoms with Crippen molar-refractivity contribution in [1.82, 2.24) is 4.90 Å². The van der Waals surface area contributed by atoms with E-state index in [1.54, 1.807) is 20.8 Å². The second-order valence-corrected chi connectivity index (χ2v) is 7.30. The van der Waals surface area contributed by atoms with Gasteiger partial charge in [0.15, 0.2) is 0 Å². The molecule has 0 saturated carbocycles. The Morgan fingerprint density at radius 1 is 1.28 bits per heavy atom. The Hall–Kier alpha value is -2.12. The van der Waals surface area contributed by atoms with Crippen LogP contribution in [0.4, 0.5) is 4.79 Å². The summed E-state index contributed by atoms with van der Waals surface area (Å²) < 4.78 is 10.6. The van der Waals surface area contributed by atoms with Crippen LogP contribution < -0.4 is 0 Å². The van der Waals surface area contributed by atoms with E-state index in [1.807, 2.05) is 30.3 Å². The molecule has 1 aromatic rings. The quantitative estimate of drug-likeness (QED) is 0.798.